The summed E-state index contributed by atoms with van der Waals surface area (Å²) in [6, 6.07) is 12.2. The van der Waals surface area contributed by atoms with Gasteiger partial charge in [-0.15, -0.1) is 0 Å². The zero-order valence-corrected chi connectivity index (χ0v) is 12.3. The highest BCUT2D eigenvalue weighted by Crippen LogP contribution is 2.26. The van der Waals surface area contributed by atoms with Crippen molar-refractivity contribution in [1.29, 1.82) is 0 Å². The van der Waals surface area contributed by atoms with Crippen molar-refractivity contribution in [2.24, 2.45) is 5.73 Å². The van der Waals surface area contributed by atoms with Crippen LogP contribution in [0.25, 0.3) is 16.9 Å². The summed E-state index contributed by atoms with van der Waals surface area (Å²) in [5.74, 6) is -0.269. The Morgan fingerprint density at radius 1 is 1.24 bits per heavy atom. The predicted molar refractivity (Wildman–Crippen MR) is 85.8 cm³/mol. The van der Waals surface area contributed by atoms with Crippen LogP contribution in [0.5, 0.6) is 0 Å². The fourth-order valence-corrected chi connectivity index (χ4v) is 2.63. The van der Waals surface area contributed by atoms with E-state index < -0.39 is 0 Å². The van der Waals surface area contributed by atoms with Gasteiger partial charge in [0.2, 0.25) is 0 Å². The Hall–Kier alpha value is -2.27. The van der Waals surface area contributed by atoms with Gasteiger partial charge < -0.3 is 10.1 Å². The average molecular weight is 299 g/mol. The standard InChI is InChI=1S/C16H14FN3S/c1-10-3-2-4-15-19-16(11-5-7-12(17)8-6-11)13(20(10)15)9-14(18)21/h2-8H,9H2,1H3,(H2,18,21). The monoisotopic (exact) mass is 299 g/mol. The topological polar surface area (TPSA) is 43.3 Å². The highest BCUT2D eigenvalue weighted by molar-refractivity contribution is 7.80. The smallest absolute Gasteiger partial charge is 0.137 e. The van der Waals surface area contributed by atoms with Crippen LogP contribution in [0, 0.1) is 12.7 Å². The number of nitrogens with zero attached hydrogens (tertiary/aromatic N) is 2. The van der Waals surface area contributed by atoms with E-state index in [0.717, 1.165) is 28.3 Å². The number of aryl methyl sites for hydroxylation is 1. The van der Waals surface area contributed by atoms with E-state index in [9.17, 15) is 4.39 Å². The van der Waals surface area contributed by atoms with Crippen LogP contribution >= 0.6 is 12.2 Å². The fourth-order valence-electron chi connectivity index (χ4n) is 2.49. The van der Waals surface area contributed by atoms with E-state index >= 15 is 0 Å². The maximum atomic E-state index is 13.1. The molecule has 3 nitrogen and oxygen atoms in total. The Labute approximate surface area is 127 Å². The third-order valence-electron chi connectivity index (χ3n) is 3.39. The van der Waals surface area contributed by atoms with Crippen LogP contribution in [0.15, 0.2) is 42.5 Å². The number of thiocarbonyl (C=S) groups is 1. The normalized spacial score (nSPS) is 11.0. The average Bonchev–Trinajstić information content (AvgIpc) is 2.79. The minimum absolute atomic E-state index is 0.269. The summed E-state index contributed by atoms with van der Waals surface area (Å²) in [6.07, 6.45) is 0.452. The van der Waals surface area contributed by atoms with Crippen LogP contribution in [0.4, 0.5) is 4.39 Å². The van der Waals surface area contributed by atoms with Crippen molar-refractivity contribution in [1.82, 2.24) is 9.38 Å². The fraction of sp³-hybridized carbons (Fsp3) is 0.125. The Bertz CT molecular complexity index is 821. The number of hydrogen-bond donors (Lipinski definition) is 1. The lowest BCUT2D eigenvalue weighted by Crippen LogP contribution is -2.13. The third-order valence-corrected chi connectivity index (χ3v) is 3.54. The second kappa shape index (κ2) is 5.26. The first-order valence-electron chi connectivity index (χ1n) is 6.57. The van der Waals surface area contributed by atoms with E-state index in [-0.39, 0.29) is 5.82 Å². The zero-order chi connectivity index (χ0) is 15.0. The molecule has 0 saturated carbocycles. The van der Waals surface area contributed by atoms with E-state index in [1.54, 1.807) is 12.1 Å². The number of rotatable bonds is 3. The Balaban J connectivity index is 2.28. The van der Waals surface area contributed by atoms with Gasteiger partial charge in [-0.2, -0.15) is 0 Å². The molecule has 0 spiro atoms. The summed E-state index contributed by atoms with van der Waals surface area (Å²) in [7, 11) is 0. The van der Waals surface area contributed by atoms with Gasteiger partial charge in [-0.1, -0.05) is 18.3 Å². The molecule has 0 aliphatic heterocycles. The van der Waals surface area contributed by atoms with E-state index in [2.05, 4.69) is 4.98 Å². The third kappa shape index (κ3) is 2.52. The summed E-state index contributed by atoms with van der Waals surface area (Å²) >= 11 is 5.06. The maximum absolute atomic E-state index is 13.1. The molecule has 0 fully saturated rings. The molecule has 0 bridgehead atoms. The maximum Gasteiger partial charge on any atom is 0.137 e. The lowest BCUT2D eigenvalue weighted by atomic mass is 10.1. The van der Waals surface area contributed by atoms with Gasteiger partial charge in [-0.25, -0.2) is 9.37 Å². The number of pyridine rings is 1. The van der Waals surface area contributed by atoms with Crippen molar-refractivity contribution in [3.8, 4) is 11.3 Å². The first-order chi connectivity index (χ1) is 10.1. The molecule has 2 aromatic heterocycles. The molecular formula is C16H14FN3S. The summed E-state index contributed by atoms with van der Waals surface area (Å²) < 4.78 is 15.2. The molecule has 106 valence electrons. The quantitative estimate of drug-likeness (QED) is 0.755. The predicted octanol–water partition coefficient (Wildman–Crippen LogP) is 3.28. The first kappa shape index (κ1) is 13.7. The molecule has 0 aliphatic carbocycles. The SMILES string of the molecule is Cc1cccc2nc(-c3ccc(F)cc3)c(CC(N)=S)n12. The van der Waals surface area contributed by atoms with Crippen molar-refractivity contribution >= 4 is 22.9 Å². The molecule has 2 N–H and O–H groups in total. The number of hydrogen-bond acceptors (Lipinski definition) is 2. The molecule has 2 heterocycles. The summed E-state index contributed by atoms with van der Waals surface area (Å²) in [4.78, 5) is 5.06. The van der Waals surface area contributed by atoms with E-state index in [0.29, 0.717) is 11.4 Å². The van der Waals surface area contributed by atoms with Crippen molar-refractivity contribution in [2.45, 2.75) is 13.3 Å². The molecule has 0 atom stereocenters. The number of nitrogens with two attached hydrogens (primary N) is 1. The van der Waals surface area contributed by atoms with E-state index in [1.807, 2.05) is 29.5 Å². The number of halogens is 1. The van der Waals surface area contributed by atoms with Crippen LogP contribution in [-0.2, 0) is 6.42 Å². The highest BCUT2D eigenvalue weighted by Gasteiger charge is 2.15. The van der Waals surface area contributed by atoms with Crippen molar-refractivity contribution in [3.05, 3.63) is 59.7 Å². The number of fused-ring (bicyclic) bond motifs is 1. The Morgan fingerprint density at radius 2 is 1.95 bits per heavy atom. The van der Waals surface area contributed by atoms with E-state index in [4.69, 9.17) is 18.0 Å². The van der Waals surface area contributed by atoms with Gasteiger partial charge in [-0.3, -0.25) is 0 Å². The van der Waals surface area contributed by atoms with Crippen LogP contribution in [0.1, 0.15) is 11.4 Å². The molecule has 0 unspecified atom stereocenters. The molecule has 21 heavy (non-hydrogen) atoms. The van der Waals surface area contributed by atoms with Crippen molar-refractivity contribution in [2.75, 3.05) is 0 Å². The number of imidazole rings is 1. The lowest BCUT2D eigenvalue weighted by molar-refractivity contribution is 0.628. The lowest BCUT2D eigenvalue weighted by Gasteiger charge is -2.07. The van der Waals surface area contributed by atoms with Gasteiger partial charge in [0.05, 0.1) is 16.4 Å². The van der Waals surface area contributed by atoms with Crippen molar-refractivity contribution < 1.29 is 4.39 Å². The molecule has 0 aliphatic rings. The van der Waals surface area contributed by atoms with Crippen LogP contribution < -0.4 is 5.73 Å². The molecule has 5 heteroatoms. The van der Waals surface area contributed by atoms with Gasteiger partial charge in [0.25, 0.3) is 0 Å². The van der Waals surface area contributed by atoms with Gasteiger partial charge in [0.1, 0.15) is 11.5 Å². The molecule has 3 aromatic rings. The molecule has 1 aromatic carbocycles. The summed E-state index contributed by atoms with van der Waals surface area (Å²) in [5, 5.41) is 0. The Morgan fingerprint density at radius 3 is 2.62 bits per heavy atom. The van der Waals surface area contributed by atoms with E-state index in [1.165, 1.54) is 12.1 Å². The van der Waals surface area contributed by atoms with Gasteiger partial charge >= 0.3 is 0 Å². The zero-order valence-electron chi connectivity index (χ0n) is 11.5. The van der Waals surface area contributed by atoms with Crippen molar-refractivity contribution in [3.63, 3.8) is 0 Å². The Kier molecular flexibility index (Phi) is 3.43. The van der Waals surface area contributed by atoms with Gasteiger partial charge in [0.15, 0.2) is 0 Å². The molecule has 0 amide bonds. The minimum atomic E-state index is -0.269. The first-order valence-corrected chi connectivity index (χ1v) is 6.98. The van der Waals surface area contributed by atoms with Crippen LogP contribution in [-0.4, -0.2) is 14.4 Å². The molecule has 0 saturated heterocycles. The summed E-state index contributed by atoms with van der Waals surface area (Å²) in [6.45, 7) is 2.01. The minimum Gasteiger partial charge on any atom is -0.393 e. The van der Waals surface area contributed by atoms with Gasteiger partial charge in [0, 0.05) is 17.7 Å². The molecular weight excluding hydrogens is 285 g/mol. The molecule has 0 radical (unpaired) electrons. The van der Waals surface area contributed by atoms with Crippen LogP contribution in [0.3, 0.4) is 0 Å². The van der Waals surface area contributed by atoms with Crippen LogP contribution in [0.2, 0.25) is 0 Å². The second-order valence-corrected chi connectivity index (χ2v) is 5.44. The summed E-state index contributed by atoms with van der Waals surface area (Å²) in [5.41, 5.74) is 10.2. The van der Waals surface area contributed by atoms with Gasteiger partial charge in [-0.05, 0) is 43.3 Å². The number of aromatic nitrogens is 2. The number of benzene rings is 1. The largest absolute Gasteiger partial charge is 0.393 e. The highest BCUT2D eigenvalue weighted by atomic mass is 32.1. The second-order valence-electron chi connectivity index (χ2n) is 4.92. The molecule has 3 rings (SSSR count).